The number of hydrogen-bond donors (Lipinski definition) is 0. The van der Waals surface area contributed by atoms with Crippen LogP contribution in [-0.2, 0) is 17.9 Å². The number of rotatable bonds is 3. The zero-order valence-electron chi connectivity index (χ0n) is 12.4. The lowest BCUT2D eigenvalue weighted by Crippen LogP contribution is -2.24. The highest BCUT2D eigenvalue weighted by Crippen LogP contribution is 2.34. The molecule has 1 aliphatic heterocycles. The minimum atomic E-state index is -1.27. The van der Waals surface area contributed by atoms with Gasteiger partial charge in [-0.1, -0.05) is 29.8 Å². The van der Waals surface area contributed by atoms with Crippen molar-refractivity contribution in [1.29, 1.82) is 0 Å². The third kappa shape index (κ3) is 2.91. The molecular weight excluding hydrogens is 346 g/mol. The van der Waals surface area contributed by atoms with Crippen molar-refractivity contribution in [1.82, 2.24) is 9.97 Å². The van der Waals surface area contributed by atoms with Gasteiger partial charge in [0, 0.05) is 22.8 Å². The molecule has 0 aliphatic carbocycles. The largest absolute Gasteiger partial charge is 0.588 e. The number of ether oxygens (including phenoxy) is 1. The highest BCUT2D eigenvalue weighted by molar-refractivity contribution is 7.93. The van der Waals surface area contributed by atoms with Crippen LogP contribution in [0.3, 0.4) is 0 Å². The van der Waals surface area contributed by atoms with E-state index in [4.69, 9.17) is 16.3 Å². The monoisotopic (exact) mass is 357 g/mol. The molecule has 0 radical (unpaired) electrons. The van der Waals surface area contributed by atoms with Crippen LogP contribution in [0.15, 0.2) is 65.7 Å². The molecule has 0 saturated carbocycles. The summed E-state index contributed by atoms with van der Waals surface area (Å²) in [5.41, 5.74) is 1.04. The van der Waals surface area contributed by atoms with Gasteiger partial charge in [-0.05, 0) is 30.3 Å². The maximum atomic E-state index is 12.6. The Morgan fingerprint density at radius 3 is 2.67 bits per heavy atom. The van der Waals surface area contributed by atoms with E-state index < -0.39 is 11.4 Å². The Morgan fingerprint density at radius 2 is 1.88 bits per heavy atom. The molecule has 2 heterocycles. The highest BCUT2D eigenvalue weighted by atomic mass is 35.5. The Balaban J connectivity index is 1.58. The summed E-state index contributed by atoms with van der Waals surface area (Å²) in [5, 5.41) is 0.627. The van der Waals surface area contributed by atoms with Gasteiger partial charge in [0.15, 0.2) is 10.7 Å². The van der Waals surface area contributed by atoms with E-state index in [1.807, 2.05) is 24.3 Å². The Hall–Kier alpha value is -2.28. The molecule has 0 amide bonds. The Bertz CT molecular complexity index is 876. The Morgan fingerprint density at radius 1 is 1.08 bits per heavy atom. The van der Waals surface area contributed by atoms with Crippen LogP contribution in [0, 0.1) is 0 Å². The summed E-state index contributed by atoms with van der Waals surface area (Å²) in [5.74, 6) is 1.14. The van der Waals surface area contributed by atoms with E-state index >= 15 is 0 Å². The maximum absolute atomic E-state index is 12.6. The predicted molar refractivity (Wildman–Crippen MR) is 92.6 cm³/mol. The van der Waals surface area contributed by atoms with Crippen molar-refractivity contribution >= 4 is 28.8 Å². The number of anilines is 1. The van der Waals surface area contributed by atoms with E-state index in [1.54, 1.807) is 40.8 Å². The van der Waals surface area contributed by atoms with Gasteiger partial charge in [-0.25, -0.2) is 4.98 Å². The van der Waals surface area contributed by atoms with Crippen molar-refractivity contribution in [2.24, 2.45) is 0 Å². The molecule has 0 spiro atoms. The molecule has 0 N–H and O–H groups in total. The van der Waals surface area contributed by atoms with Crippen LogP contribution >= 0.6 is 11.6 Å². The van der Waals surface area contributed by atoms with Gasteiger partial charge in [-0.2, -0.15) is 9.29 Å². The molecule has 1 aliphatic rings. The van der Waals surface area contributed by atoms with Gasteiger partial charge >= 0.3 is 6.01 Å². The second kappa shape index (κ2) is 6.32. The first-order chi connectivity index (χ1) is 11.7. The summed E-state index contributed by atoms with van der Waals surface area (Å²) in [6.45, 7) is 0.542. The summed E-state index contributed by atoms with van der Waals surface area (Å²) < 4.78 is 20.0. The lowest BCUT2D eigenvalue weighted by atomic mass is 10.2. The number of fused-ring (bicyclic) bond motifs is 1. The molecular formula is C17H12ClN3O2S. The molecule has 5 nitrogen and oxygen atoms in total. The van der Waals surface area contributed by atoms with E-state index in [1.165, 1.54) is 0 Å². The van der Waals surface area contributed by atoms with Crippen molar-refractivity contribution in [2.45, 2.75) is 11.4 Å². The van der Waals surface area contributed by atoms with Crippen LogP contribution < -0.4 is 9.04 Å². The average Bonchev–Trinajstić information content (AvgIpc) is 2.95. The average molecular weight is 358 g/mol. The topological polar surface area (TPSA) is 61.3 Å². The molecule has 1 atom stereocenters. The lowest BCUT2D eigenvalue weighted by Gasteiger charge is -2.17. The fourth-order valence-electron chi connectivity index (χ4n) is 2.43. The van der Waals surface area contributed by atoms with E-state index in [0.717, 1.165) is 10.5 Å². The molecule has 1 unspecified atom stereocenters. The van der Waals surface area contributed by atoms with Gasteiger partial charge in [0.05, 0.1) is 6.54 Å². The molecule has 0 saturated heterocycles. The van der Waals surface area contributed by atoms with E-state index in [0.29, 0.717) is 23.1 Å². The molecule has 0 bridgehead atoms. The van der Waals surface area contributed by atoms with Gasteiger partial charge in [0.1, 0.15) is 17.1 Å². The van der Waals surface area contributed by atoms with Crippen molar-refractivity contribution in [3.63, 3.8) is 0 Å². The number of halogens is 1. The minimum absolute atomic E-state index is 0.197. The lowest BCUT2D eigenvalue weighted by molar-refractivity contribution is 0.442. The Labute approximate surface area is 147 Å². The summed E-state index contributed by atoms with van der Waals surface area (Å²) in [6.07, 6.45) is 1.59. The third-order valence-electron chi connectivity index (χ3n) is 3.57. The molecule has 1 aromatic heterocycles. The number of hydrogen-bond acceptors (Lipinski definition) is 5. The van der Waals surface area contributed by atoms with Crippen LogP contribution in [-0.4, -0.2) is 14.5 Å². The number of aromatic nitrogens is 2. The maximum Gasteiger partial charge on any atom is 0.324 e. The highest BCUT2D eigenvalue weighted by Gasteiger charge is 2.35. The van der Waals surface area contributed by atoms with Gasteiger partial charge < -0.3 is 9.29 Å². The summed E-state index contributed by atoms with van der Waals surface area (Å²) in [7, 11) is 0. The van der Waals surface area contributed by atoms with Crippen molar-refractivity contribution in [3.8, 4) is 11.8 Å². The SMILES string of the molecule is [O-][S+]1c2ccccc2CN1c1ccnc(Oc2ccc(Cl)cc2)n1. The second-order valence-corrected chi connectivity index (χ2v) is 6.96. The fourth-order valence-corrected chi connectivity index (χ4v) is 3.87. The fraction of sp³-hybridized carbons (Fsp3) is 0.0588. The first kappa shape index (κ1) is 15.3. The first-order valence-corrected chi connectivity index (χ1v) is 8.73. The zero-order valence-corrected chi connectivity index (χ0v) is 14.0. The van der Waals surface area contributed by atoms with Gasteiger partial charge in [-0.15, -0.1) is 0 Å². The van der Waals surface area contributed by atoms with Crippen LogP contribution in [0.25, 0.3) is 0 Å². The molecule has 0 fully saturated rings. The predicted octanol–water partition coefficient (Wildman–Crippen LogP) is 3.97. The molecule has 3 aromatic rings. The quantitative estimate of drug-likeness (QED) is 0.664. The van der Waals surface area contributed by atoms with Gasteiger partial charge in [0.2, 0.25) is 0 Å². The molecule has 120 valence electrons. The summed E-state index contributed by atoms with van der Waals surface area (Å²) in [6, 6.07) is 16.5. The van der Waals surface area contributed by atoms with Crippen molar-refractivity contribution in [2.75, 3.05) is 4.31 Å². The van der Waals surface area contributed by atoms with E-state index in [-0.39, 0.29) is 6.01 Å². The second-order valence-electron chi connectivity index (χ2n) is 5.15. The van der Waals surface area contributed by atoms with Crippen LogP contribution in [0.1, 0.15) is 5.56 Å². The standard InChI is InChI=1S/C17H12ClN3O2S/c18-13-5-7-14(8-6-13)23-17-19-10-9-16(20-17)21-11-12-3-1-2-4-15(12)24(21)22/h1-10H,11H2. The van der Waals surface area contributed by atoms with Crippen molar-refractivity contribution < 1.29 is 9.29 Å². The summed E-state index contributed by atoms with van der Waals surface area (Å²) in [4.78, 5) is 9.30. The van der Waals surface area contributed by atoms with E-state index in [9.17, 15) is 4.55 Å². The van der Waals surface area contributed by atoms with Crippen LogP contribution in [0.2, 0.25) is 5.02 Å². The molecule has 2 aromatic carbocycles. The van der Waals surface area contributed by atoms with Crippen LogP contribution in [0.4, 0.5) is 5.82 Å². The third-order valence-corrected chi connectivity index (χ3v) is 5.31. The Kier molecular flexibility index (Phi) is 4.02. The summed E-state index contributed by atoms with van der Waals surface area (Å²) >= 11 is 4.58. The zero-order chi connectivity index (χ0) is 16.5. The normalized spacial score (nSPS) is 16.1. The number of nitrogens with zero attached hydrogens (tertiary/aromatic N) is 3. The molecule has 7 heteroatoms. The first-order valence-electron chi connectivity index (χ1n) is 7.24. The number of benzene rings is 2. The molecule has 24 heavy (non-hydrogen) atoms. The minimum Gasteiger partial charge on any atom is -0.588 e. The molecule has 4 rings (SSSR count). The van der Waals surface area contributed by atoms with Crippen molar-refractivity contribution in [3.05, 3.63) is 71.4 Å². The van der Waals surface area contributed by atoms with Gasteiger partial charge in [-0.3, -0.25) is 0 Å². The van der Waals surface area contributed by atoms with Crippen LogP contribution in [0.5, 0.6) is 11.8 Å². The smallest absolute Gasteiger partial charge is 0.324 e. The van der Waals surface area contributed by atoms with E-state index in [2.05, 4.69) is 9.97 Å². The van der Waals surface area contributed by atoms with Gasteiger partial charge in [0.25, 0.3) is 0 Å².